The second-order valence-corrected chi connectivity index (χ2v) is 4.70. The summed E-state index contributed by atoms with van der Waals surface area (Å²) in [5, 5.41) is 4.11. The number of hydrogen-bond acceptors (Lipinski definition) is 4. The number of anilines is 2. The van der Waals surface area contributed by atoms with Gasteiger partial charge >= 0.3 is 0 Å². The van der Waals surface area contributed by atoms with Crippen LogP contribution in [-0.4, -0.2) is 22.0 Å². The average molecular weight is 267 g/mol. The molecule has 0 saturated carbocycles. The number of aromatic nitrogens is 3. The zero-order valence-electron chi connectivity index (χ0n) is 11.4. The number of hydrogen-bond donors (Lipinski definition) is 3. The zero-order chi connectivity index (χ0) is 13.9. The molecule has 0 spiro atoms. The molecule has 1 aromatic carbocycles. The summed E-state index contributed by atoms with van der Waals surface area (Å²) >= 11 is 0. The molecule has 0 aliphatic rings. The van der Waals surface area contributed by atoms with Crippen LogP contribution in [0.3, 0.4) is 0 Å². The third-order valence-corrected chi connectivity index (χ3v) is 3.39. The lowest BCUT2D eigenvalue weighted by Gasteiger charge is -2.05. The zero-order valence-corrected chi connectivity index (χ0v) is 11.4. The first-order valence-electron chi connectivity index (χ1n) is 6.63. The van der Waals surface area contributed by atoms with E-state index in [9.17, 15) is 0 Å². The molecule has 0 amide bonds. The highest BCUT2D eigenvalue weighted by molar-refractivity contribution is 5.91. The molecule has 0 atom stereocenters. The van der Waals surface area contributed by atoms with Gasteiger partial charge in [-0.05, 0) is 24.0 Å². The Labute approximate surface area is 117 Å². The van der Waals surface area contributed by atoms with E-state index in [0.717, 1.165) is 29.7 Å². The summed E-state index contributed by atoms with van der Waals surface area (Å²) in [4.78, 5) is 11.6. The van der Waals surface area contributed by atoms with Crippen LogP contribution in [-0.2, 0) is 12.8 Å². The summed E-state index contributed by atoms with van der Waals surface area (Å²) in [6.45, 7) is 0. The minimum absolute atomic E-state index is 0.276. The van der Waals surface area contributed by atoms with Gasteiger partial charge in [0.05, 0.1) is 5.39 Å². The van der Waals surface area contributed by atoms with Crippen molar-refractivity contribution in [2.24, 2.45) is 0 Å². The first kappa shape index (κ1) is 12.5. The van der Waals surface area contributed by atoms with Gasteiger partial charge in [-0.3, -0.25) is 0 Å². The van der Waals surface area contributed by atoms with Gasteiger partial charge < -0.3 is 16.0 Å². The maximum Gasteiger partial charge on any atom is 0.223 e. The lowest BCUT2D eigenvalue weighted by molar-refractivity contribution is 0.968. The predicted octanol–water partition coefficient (Wildman–Crippen LogP) is 2.37. The van der Waals surface area contributed by atoms with Crippen molar-refractivity contribution in [2.45, 2.75) is 12.8 Å². The fourth-order valence-corrected chi connectivity index (χ4v) is 2.42. The molecule has 0 saturated heterocycles. The third kappa shape index (κ3) is 2.30. The number of rotatable bonds is 4. The van der Waals surface area contributed by atoms with Gasteiger partial charge in [-0.1, -0.05) is 30.3 Å². The van der Waals surface area contributed by atoms with E-state index in [4.69, 9.17) is 5.73 Å². The van der Waals surface area contributed by atoms with Gasteiger partial charge in [0, 0.05) is 13.2 Å². The van der Waals surface area contributed by atoms with E-state index in [1.165, 1.54) is 11.1 Å². The van der Waals surface area contributed by atoms with Crippen LogP contribution in [0.5, 0.6) is 0 Å². The minimum Gasteiger partial charge on any atom is -0.372 e. The number of nitrogens with one attached hydrogen (secondary N) is 2. The predicted molar refractivity (Wildman–Crippen MR) is 81.7 cm³/mol. The second kappa shape index (κ2) is 5.21. The Balaban J connectivity index is 1.92. The van der Waals surface area contributed by atoms with Crippen molar-refractivity contribution in [3.63, 3.8) is 0 Å². The van der Waals surface area contributed by atoms with Gasteiger partial charge in [-0.2, -0.15) is 9.97 Å². The van der Waals surface area contributed by atoms with Crippen LogP contribution in [0.25, 0.3) is 11.0 Å². The number of nitrogens with zero attached hydrogens (tertiary/aromatic N) is 2. The Morgan fingerprint density at radius 2 is 1.95 bits per heavy atom. The maximum atomic E-state index is 5.69. The summed E-state index contributed by atoms with van der Waals surface area (Å²) in [6, 6.07) is 10.4. The molecule has 0 bridgehead atoms. The SMILES string of the molecule is CNc1nc(N)nc2[nH]cc(CCc3ccccc3)c12. The van der Waals surface area contributed by atoms with Crippen molar-refractivity contribution in [3.05, 3.63) is 47.7 Å². The third-order valence-electron chi connectivity index (χ3n) is 3.39. The Kier molecular flexibility index (Phi) is 3.25. The topological polar surface area (TPSA) is 79.6 Å². The standard InChI is InChI=1S/C15H17N5/c1-17-13-12-11(8-7-10-5-3-2-4-6-10)9-18-14(12)20-15(16)19-13/h2-6,9H,7-8H2,1H3,(H4,16,17,18,19,20). The molecule has 4 N–H and O–H groups in total. The number of nitrogens with two attached hydrogens (primary N) is 1. The summed E-state index contributed by atoms with van der Waals surface area (Å²) in [6.07, 6.45) is 3.91. The second-order valence-electron chi connectivity index (χ2n) is 4.70. The van der Waals surface area contributed by atoms with E-state index in [2.05, 4.69) is 44.5 Å². The first-order valence-corrected chi connectivity index (χ1v) is 6.63. The number of aryl methyl sites for hydroxylation is 2. The lowest BCUT2D eigenvalue weighted by atomic mass is 10.0. The van der Waals surface area contributed by atoms with E-state index >= 15 is 0 Å². The Hall–Kier alpha value is -2.56. The molecule has 5 nitrogen and oxygen atoms in total. The molecule has 0 aliphatic heterocycles. The summed E-state index contributed by atoms with van der Waals surface area (Å²) < 4.78 is 0. The Bertz CT molecular complexity index is 718. The average Bonchev–Trinajstić information content (AvgIpc) is 2.88. The lowest BCUT2D eigenvalue weighted by Crippen LogP contribution is -2.01. The van der Waals surface area contributed by atoms with E-state index in [0.29, 0.717) is 0 Å². The largest absolute Gasteiger partial charge is 0.372 e. The van der Waals surface area contributed by atoms with E-state index in [-0.39, 0.29) is 5.95 Å². The molecule has 2 heterocycles. The highest BCUT2D eigenvalue weighted by Gasteiger charge is 2.11. The number of benzene rings is 1. The van der Waals surface area contributed by atoms with Crippen molar-refractivity contribution < 1.29 is 0 Å². The van der Waals surface area contributed by atoms with E-state index in [1.807, 2.05) is 19.3 Å². The van der Waals surface area contributed by atoms with Crippen molar-refractivity contribution in [3.8, 4) is 0 Å². The van der Waals surface area contributed by atoms with Crippen molar-refractivity contribution in [2.75, 3.05) is 18.1 Å². The maximum absolute atomic E-state index is 5.69. The summed E-state index contributed by atoms with van der Waals surface area (Å²) in [5.74, 6) is 1.05. The van der Waals surface area contributed by atoms with Crippen molar-refractivity contribution >= 4 is 22.8 Å². The van der Waals surface area contributed by atoms with Gasteiger partial charge in [-0.25, -0.2) is 0 Å². The van der Waals surface area contributed by atoms with Crippen LogP contribution in [0.1, 0.15) is 11.1 Å². The monoisotopic (exact) mass is 267 g/mol. The molecule has 102 valence electrons. The van der Waals surface area contributed by atoms with Crippen LogP contribution in [0.4, 0.5) is 11.8 Å². The Morgan fingerprint density at radius 3 is 2.70 bits per heavy atom. The molecule has 0 fully saturated rings. The van der Waals surface area contributed by atoms with Gasteiger partial charge in [0.2, 0.25) is 5.95 Å². The fourth-order valence-electron chi connectivity index (χ4n) is 2.42. The number of aromatic amines is 1. The van der Waals surface area contributed by atoms with Crippen molar-refractivity contribution in [1.82, 2.24) is 15.0 Å². The van der Waals surface area contributed by atoms with Crippen molar-refractivity contribution in [1.29, 1.82) is 0 Å². The van der Waals surface area contributed by atoms with Crippen LogP contribution >= 0.6 is 0 Å². The number of H-pyrrole nitrogens is 1. The quantitative estimate of drug-likeness (QED) is 0.678. The summed E-state index contributed by atoms with van der Waals surface area (Å²) in [7, 11) is 1.84. The summed E-state index contributed by atoms with van der Waals surface area (Å²) in [5.41, 5.74) is 9.00. The van der Waals surface area contributed by atoms with Gasteiger partial charge in [0.25, 0.3) is 0 Å². The van der Waals surface area contributed by atoms with Gasteiger partial charge in [0.1, 0.15) is 11.5 Å². The van der Waals surface area contributed by atoms with E-state index < -0.39 is 0 Å². The highest BCUT2D eigenvalue weighted by Crippen LogP contribution is 2.25. The molecule has 2 aromatic heterocycles. The van der Waals surface area contributed by atoms with E-state index in [1.54, 1.807) is 0 Å². The normalized spacial score (nSPS) is 10.8. The van der Waals surface area contributed by atoms with Gasteiger partial charge in [0.15, 0.2) is 0 Å². The first-order chi connectivity index (χ1) is 9.78. The minimum atomic E-state index is 0.276. The molecular formula is C15H17N5. The number of nitrogen functional groups attached to an aromatic ring is 1. The molecule has 0 radical (unpaired) electrons. The smallest absolute Gasteiger partial charge is 0.223 e. The molecule has 5 heteroatoms. The molecule has 0 unspecified atom stereocenters. The Morgan fingerprint density at radius 1 is 1.15 bits per heavy atom. The molecule has 3 aromatic rings. The van der Waals surface area contributed by atoms with Crippen LogP contribution in [0.15, 0.2) is 36.5 Å². The van der Waals surface area contributed by atoms with Crippen LogP contribution < -0.4 is 11.1 Å². The molecule has 0 aliphatic carbocycles. The van der Waals surface area contributed by atoms with Gasteiger partial charge in [-0.15, -0.1) is 0 Å². The molecular weight excluding hydrogens is 250 g/mol. The highest BCUT2D eigenvalue weighted by atomic mass is 15.1. The molecule has 20 heavy (non-hydrogen) atoms. The molecule has 3 rings (SSSR count). The fraction of sp³-hybridized carbons (Fsp3) is 0.200. The van der Waals surface area contributed by atoms with Crippen LogP contribution in [0, 0.1) is 0 Å². The van der Waals surface area contributed by atoms with Crippen LogP contribution in [0.2, 0.25) is 0 Å². The number of fused-ring (bicyclic) bond motifs is 1.